The maximum atomic E-state index is 9.55. The Bertz CT molecular complexity index is 1330. The van der Waals surface area contributed by atoms with E-state index in [0.717, 1.165) is 45.2 Å². The number of azo groups is 2. The van der Waals surface area contributed by atoms with Gasteiger partial charge in [-0.1, -0.05) is 30.3 Å². The molecular weight excluding hydrogens is 440 g/mol. The van der Waals surface area contributed by atoms with Crippen LogP contribution in [0, 0.1) is 20.8 Å². The van der Waals surface area contributed by atoms with E-state index in [1.54, 1.807) is 30.0 Å². The van der Waals surface area contributed by atoms with E-state index in [-0.39, 0.29) is 5.75 Å². The summed E-state index contributed by atoms with van der Waals surface area (Å²) in [5, 5.41) is 27.2. The summed E-state index contributed by atoms with van der Waals surface area (Å²) in [6.07, 6.45) is 0. The minimum atomic E-state index is 0.221. The van der Waals surface area contributed by atoms with E-state index < -0.39 is 0 Å². The fraction of sp³-hybridized carbons (Fsp3) is 0.143. The van der Waals surface area contributed by atoms with E-state index >= 15 is 0 Å². The number of phenols is 1. The molecule has 4 aromatic carbocycles. The lowest BCUT2D eigenvalue weighted by Crippen LogP contribution is -1.80. The third kappa shape index (κ3) is 6.17. The van der Waals surface area contributed by atoms with E-state index in [1.165, 1.54) is 10.5 Å². The van der Waals surface area contributed by atoms with Gasteiger partial charge in [0.05, 0.1) is 22.7 Å². The molecule has 0 amide bonds. The van der Waals surface area contributed by atoms with E-state index in [4.69, 9.17) is 0 Å². The van der Waals surface area contributed by atoms with Crippen LogP contribution in [0.2, 0.25) is 0 Å². The Morgan fingerprint density at radius 2 is 1.21 bits per heavy atom. The fourth-order valence-corrected chi connectivity index (χ4v) is 4.18. The predicted molar refractivity (Wildman–Crippen MR) is 140 cm³/mol. The minimum absolute atomic E-state index is 0.221. The van der Waals surface area contributed by atoms with Crippen molar-refractivity contribution in [2.75, 3.05) is 0 Å². The highest BCUT2D eigenvalue weighted by Gasteiger charge is 2.05. The molecule has 0 saturated carbocycles. The quantitative estimate of drug-likeness (QED) is 0.218. The second kappa shape index (κ2) is 10.9. The number of aromatic hydroxyl groups is 1. The van der Waals surface area contributed by atoms with Crippen LogP contribution < -0.4 is 0 Å². The molecule has 0 aliphatic carbocycles. The molecule has 0 aromatic heterocycles. The molecule has 6 heteroatoms. The van der Waals surface area contributed by atoms with Gasteiger partial charge in [0.15, 0.2) is 0 Å². The molecule has 1 N–H and O–H groups in total. The Morgan fingerprint density at radius 3 is 1.85 bits per heavy atom. The summed E-state index contributed by atoms with van der Waals surface area (Å²) in [4.78, 5) is 1.20. The number of phenolic OH excluding ortho intramolecular Hbond substituents is 1. The number of rotatable bonds is 7. The number of nitrogens with zero attached hydrogens (tertiary/aromatic N) is 4. The summed E-state index contributed by atoms with van der Waals surface area (Å²) in [5.74, 6) is 1.16. The lowest BCUT2D eigenvalue weighted by atomic mass is 10.1. The number of hydrogen-bond donors (Lipinski definition) is 1. The summed E-state index contributed by atoms with van der Waals surface area (Å²) in [6.45, 7) is 5.86. The Morgan fingerprint density at radius 1 is 0.618 bits per heavy atom. The van der Waals surface area contributed by atoms with Gasteiger partial charge in [0.1, 0.15) is 5.75 Å². The van der Waals surface area contributed by atoms with Gasteiger partial charge in [-0.15, -0.1) is 11.8 Å². The second-order valence-electron chi connectivity index (χ2n) is 8.06. The maximum absolute atomic E-state index is 9.55. The molecule has 0 saturated heterocycles. The van der Waals surface area contributed by atoms with Crippen molar-refractivity contribution in [3.05, 3.63) is 107 Å². The first-order valence-corrected chi connectivity index (χ1v) is 12.0. The molecule has 4 rings (SSSR count). The highest BCUT2D eigenvalue weighted by molar-refractivity contribution is 7.98. The van der Waals surface area contributed by atoms with Crippen molar-refractivity contribution in [3.63, 3.8) is 0 Å². The first kappa shape index (κ1) is 23.4. The van der Waals surface area contributed by atoms with Crippen LogP contribution in [0.15, 0.2) is 110 Å². The third-order valence-electron chi connectivity index (χ3n) is 5.32. The van der Waals surface area contributed by atoms with Crippen LogP contribution in [0.1, 0.15) is 22.3 Å². The monoisotopic (exact) mass is 466 g/mol. The Kier molecular flexibility index (Phi) is 7.50. The highest BCUT2D eigenvalue weighted by Crippen LogP contribution is 2.32. The average Bonchev–Trinajstić information content (AvgIpc) is 2.84. The number of benzene rings is 4. The molecule has 5 nitrogen and oxygen atoms in total. The molecule has 0 aliphatic rings. The molecule has 0 aliphatic heterocycles. The van der Waals surface area contributed by atoms with Crippen molar-refractivity contribution in [1.29, 1.82) is 0 Å². The lowest BCUT2D eigenvalue weighted by molar-refractivity contribution is 0.475. The smallest absolute Gasteiger partial charge is 0.115 e. The third-order valence-corrected chi connectivity index (χ3v) is 6.40. The van der Waals surface area contributed by atoms with Crippen molar-refractivity contribution < 1.29 is 5.11 Å². The lowest BCUT2D eigenvalue weighted by Gasteiger charge is -2.05. The van der Waals surface area contributed by atoms with Gasteiger partial charge >= 0.3 is 0 Å². The van der Waals surface area contributed by atoms with Gasteiger partial charge in [0.2, 0.25) is 0 Å². The first-order valence-electron chi connectivity index (χ1n) is 11.0. The summed E-state index contributed by atoms with van der Waals surface area (Å²) >= 11 is 1.80. The van der Waals surface area contributed by atoms with E-state index in [1.807, 2.05) is 51.1 Å². The van der Waals surface area contributed by atoms with Gasteiger partial charge in [-0.05, 0) is 97.6 Å². The van der Waals surface area contributed by atoms with Crippen LogP contribution in [0.3, 0.4) is 0 Å². The minimum Gasteiger partial charge on any atom is -0.508 e. The SMILES string of the molecule is Cc1cc(N=Nc2ccc(O)cc2C)c(C)cc1N=Nc1ccc(SCc2ccccc2)cc1. The zero-order valence-corrected chi connectivity index (χ0v) is 20.3. The number of hydrogen-bond acceptors (Lipinski definition) is 6. The fourth-order valence-electron chi connectivity index (χ4n) is 3.32. The summed E-state index contributed by atoms with van der Waals surface area (Å²) < 4.78 is 0. The topological polar surface area (TPSA) is 69.7 Å². The van der Waals surface area contributed by atoms with Crippen LogP contribution >= 0.6 is 11.8 Å². The zero-order chi connectivity index (χ0) is 23.9. The molecule has 34 heavy (non-hydrogen) atoms. The molecule has 0 heterocycles. The maximum Gasteiger partial charge on any atom is 0.115 e. The second-order valence-corrected chi connectivity index (χ2v) is 9.11. The standard InChI is InChI=1S/C28H26N4OS/c1-19-15-24(33)11-14-26(19)30-32-28-17-20(2)27(16-21(28)3)31-29-23-9-12-25(13-10-23)34-18-22-7-5-4-6-8-22/h4-17,33H,18H2,1-3H3. The number of aryl methyl sites for hydroxylation is 3. The van der Waals surface area contributed by atoms with E-state index in [0.29, 0.717) is 0 Å². The van der Waals surface area contributed by atoms with Crippen LogP contribution in [-0.2, 0) is 5.75 Å². The van der Waals surface area contributed by atoms with E-state index in [9.17, 15) is 5.11 Å². The van der Waals surface area contributed by atoms with Crippen molar-refractivity contribution in [1.82, 2.24) is 0 Å². The summed E-state index contributed by atoms with van der Waals surface area (Å²) in [6, 6.07) is 27.5. The van der Waals surface area contributed by atoms with E-state index in [2.05, 4.69) is 56.9 Å². The van der Waals surface area contributed by atoms with Crippen LogP contribution in [-0.4, -0.2) is 5.11 Å². The molecule has 0 bridgehead atoms. The molecule has 0 atom stereocenters. The van der Waals surface area contributed by atoms with Gasteiger partial charge in [0, 0.05) is 10.6 Å². The van der Waals surface area contributed by atoms with Crippen LogP contribution in [0.4, 0.5) is 22.7 Å². The summed E-state index contributed by atoms with van der Waals surface area (Å²) in [7, 11) is 0. The Hall–Kier alpha value is -3.77. The number of thioether (sulfide) groups is 1. The molecule has 0 unspecified atom stereocenters. The average molecular weight is 467 g/mol. The van der Waals surface area contributed by atoms with Crippen LogP contribution in [0.5, 0.6) is 5.75 Å². The van der Waals surface area contributed by atoms with Gasteiger partial charge in [-0.3, -0.25) is 0 Å². The zero-order valence-electron chi connectivity index (χ0n) is 19.4. The van der Waals surface area contributed by atoms with Crippen molar-refractivity contribution in [2.24, 2.45) is 20.5 Å². The summed E-state index contributed by atoms with van der Waals surface area (Å²) in [5.41, 5.74) is 7.24. The highest BCUT2D eigenvalue weighted by atomic mass is 32.2. The Balaban J connectivity index is 1.42. The molecular formula is C28H26N4OS. The molecule has 170 valence electrons. The van der Waals surface area contributed by atoms with Crippen molar-refractivity contribution >= 4 is 34.5 Å². The molecule has 0 fully saturated rings. The van der Waals surface area contributed by atoms with Crippen molar-refractivity contribution in [3.8, 4) is 5.75 Å². The van der Waals surface area contributed by atoms with Gasteiger partial charge < -0.3 is 5.11 Å². The van der Waals surface area contributed by atoms with Gasteiger partial charge in [-0.2, -0.15) is 20.5 Å². The molecule has 0 radical (unpaired) electrons. The van der Waals surface area contributed by atoms with Crippen LogP contribution in [0.25, 0.3) is 0 Å². The van der Waals surface area contributed by atoms with Gasteiger partial charge in [-0.25, -0.2) is 0 Å². The molecule has 4 aromatic rings. The largest absolute Gasteiger partial charge is 0.508 e. The Labute approximate surface area is 204 Å². The normalized spacial score (nSPS) is 11.5. The predicted octanol–water partition coefficient (Wildman–Crippen LogP) is 9.44. The first-order chi connectivity index (χ1) is 16.5. The van der Waals surface area contributed by atoms with Gasteiger partial charge in [0.25, 0.3) is 0 Å². The van der Waals surface area contributed by atoms with Crippen molar-refractivity contribution in [2.45, 2.75) is 31.4 Å². The molecule has 0 spiro atoms.